The second kappa shape index (κ2) is 5.95. The highest BCUT2D eigenvalue weighted by atomic mass is 35.5. The molecule has 0 aliphatic carbocycles. The van der Waals surface area contributed by atoms with Crippen LogP contribution in [0, 0.1) is 5.82 Å². The number of likely N-dealkylation sites (N-methyl/N-ethyl adjacent to an activating group) is 2. The topological polar surface area (TPSA) is 61.4 Å². The van der Waals surface area contributed by atoms with Crippen molar-refractivity contribution in [3.8, 4) is 0 Å². The molecule has 2 unspecified atom stereocenters. The molecule has 0 aliphatic heterocycles. The van der Waals surface area contributed by atoms with Crippen molar-refractivity contribution in [2.75, 3.05) is 14.1 Å². The Morgan fingerprint density at radius 2 is 2.06 bits per heavy atom. The van der Waals surface area contributed by atoms with Crippen molar-refractivity contribution >= 4 is 17.6 Å². The van der Waals surface area contributed by atoms with Gasteiger partial charge in [-0.15, -0.1) is 0 Å². The quantitative estimate of drug-likeness (QED) is 0.749. The van der Waals surface area contributed by atoms with E-state index >= 15 is 0 Å². The molecule has 1 aromatic carbocycles. The maximum atomic E-state index is 13.6. The third-order valence-electron chi connectivity index (χ3n) is 2.51. The molecule has 94 valence electrons. The monoisotopic (exact) mass is 260 g/mol. The first-order valence-electron chi connectivity index (χ1n) is 5.03. The molecule has 4 nitrogen and oxygen atoms in total. The van der Waals surface area contributed by atoms with Crippen LogP contribution < -0.4 is 10.6 Å². The predicted molar refractivity (Wildman–Crippen MR) is 63.7 cm³/mol. The molecule has 0 saturated carbocycles. The van der Waals surface area contributed by atoms with Crippen molar-refractivity contribution in [1.82, 2.24) is 10.6 Å². The van der Waals surface area contributed by atoms with Crippen LogP contribution in [0.1, 0.15) is 11.6 Å². The largest absolute Gasteiger partial charge is 0.480 e. The lowest BCUT2D eigenvalue weighted by molar-refractivity contribution is -0.140. The van der Waals surface area contributed by atoms with Crippen molar-refractivity contribution in [3.63, 3.8) is 0 Å². The van der Waals surface area contributed by atoms with Crippen molar-refractivity contribution in [3.05, 3.63) is 34.6 Å². The minimum absolute atomic E-state index is 0.224. The summed E-state index contributed by atoms with van der Waals surface area (Å²) >= 11 is 5.78. The first-order valence-corrected chi connectivity index (χ1v) is 5.41. The third kappa shape index (κ3) is 3.15. The molecule has 0 bridgehead atoms. The molecule has 0 aliphatic rings. The molecule has 3 N–H and O–H groups in total. The van der Waals surface area contributed by atoms with Gasteiger partial charge in [-0.05, 0) is 32.3 Å². The Bertz CT molecular complexity index is 414. The van der Waals surface area contributed by atoms with Gasteiger partial charge in [-0.1, -0.05) is 11.6 Å². The minimum atomic E-state index is -1.06. The van der Waals surface area contributed by atoms with Gasteiger partial charge in [0.2, 0.25) is 0 Å². The van der Waals surface area contributed by atoms with Crippen LogP contribution in [0.5, 0.6) is 0 Å². The number of nitrogens with one attached hydrogen (secondary N) is 2. The molecule has 6 heteroatoms. The predicted octanol–water partition coefficient (Wildman–Crippen LogP) is 1.41. The van der Waals surface area contributed by atoms with E-state index in [1.165, 1.54) is 25.2 Å². The molecule has 0 spiro atoms. The molecule has 2 atom stereocenters. The molecule has 0 heterocycles. The fourth-order valence-corrected chi connectivity index (χ4v) is 1.87. The molecule has 0 amide bonds. The van der Waals surface area contributed by atoms with Crippen LogP contribution in [0.2, 0.25) is 5.02 Å². The number of aliphatic carboxylic acids is 1. The molecule has 0 aromatic heterocycles. The molecule has 17 heavy (non-hydrogen) atoms. The van der Waals surface area contributed by atoms with Crippen LogP contribution in [0.15, 0.2) is 18.2 Å². The van der Waals surface area contributed by atoms with Crippen LogP contribution in [0.4, 0.5) is 4.39 Å². The fraction of sp³-hybridized carbons (Fsp3) is 0.364. The summed E-state index contributed by atoms with van der Waals surface area (Å²) in [6.07, 6.45) is 0. The summed E-state index contributed by atoms with van der Waals surface area (Å²) in [5, 5.41) is 14.8. The lowest BCUT2D eigenvalue weighted by Crippen LogP contribution is -2.44. The number of carboxylic acids is 1. The van der Waals surface area contributed by atoms with E-state index in [1.54, 1.807) is 7.05 Å². The van der Waals surface area contributed by atoms with Gasteiger partial charge in [-0.3, -0.25) is 4.79 Å². The summed E-state index contributed by atoms with van der Waals surface area (Å²) in [5.41, 5.74) is 0.224. The number of hydrogen-bond donors (Lipinski definition) is 3. The van der Waals surface area contributed by atoms with E-state index < -0.39 is 23.9 Å². The Morgan fingerprint density at radius 1 is 1.41 bits per heavy atom. The molecule has 0 fully saturated rings. The maximum Gasteiger partial charge on any atom is 0.322 e. The number of hydrogen-bond acceptors (Lipinski definition) is 3. The van der Waals surface area contributed by atoms with Gasteiger partial charge in [-0.25, -0.2) is 4.39 Å². The smallest absolute Gasteiger partial charge is 0.322 e. The van der Waals surface area contributed by atoms with Crippen molar-refractivity contribution in [2.45, 2.75) is 12.1 Å². The van der Waals surface area contributed by atoms with Gasteiger partial charge in [0.25, 0.3) is 0 Å². The normalized spacial score (nSPS) is 14.4. The number of benzene rings is 1. The molecule has 0 saturated heterocycles. The molecule has 0 radical (unpaired) electrons. The lowest BCUT2D eigenvalue weighted by Gasteiger charge is -2.24. The zero-order chi connectivity index (χ0) is 13.0. The Kier molecular flexibility index (Phi) is 4.86. The zero-order valence-electron chi connectivity index (χ0n) is 9.50. The van der Waals surface area contributed by atoms with Gasteiger partial charge in [0, 0.05) is 10.6 Å². The van der Waals surface area contributed by atoms with Crippen molar-refractivity contribution in [2.24, 2.45) is 0 Å². The van der Waals surface area contributed by atoms with E-state index in [4.69, 9.17) is 16.7 Å². The van der Waals surface area contributed by atoms with Gasteiger partial charge < -0.3 is 15.7 Å². The SMILES string of the molecule is CNC(C(=O)O)C(NC)c1cc(Cl)ccc1F. The summed E-state index contributed by atoms with van der Waals surface area (Å²) in [7, 11) is 3.07. The van der Waals surface area contributed by atoms with Crippen molar-refractivity contribution in [1.29, 1.82) is 0 Å². The van der Waals surface area contributed by atoms with E-state index in [1.807, 2.05) is 0 Å². The number of carboxylic acid groups (broad SMARTS) is 1. The Hall–Kier alpha value is -1.17. The summed E-state index contributed by atoms with van der Waals surface area (Å²) in [5.74, 6) is -1.55. The second-order valence-electron chi connectivity index (χ2n) is 3.54. The van der Waals surface area contributed by atoms with Gasteiger partial charge in [0.05, 0.1) is 6.04 Å². The van der Waals surface area contributed by atoms with Gasteiger partial charge in [-0.2, -0.15) is 0 Å². The molecular weight excluding hydrogens is 247 g/mol. The zero-order valence-corrected chi connectivity index (χ0v) is 10.3. The summed E-state index contributed by atoms with van der Waals surface area (Å²) in [6, 6.07) is 2.42. The van der Waals surface area contributed by atoms with E-state index in [0.717, 1.165) is 0 Å². The summed E-state index contributed by atoms with van der Waals surface area (Å²) in [4.78, 5) is 11.0. The maximum absolute atomic E-state index is 13.6. The van der Waals surface area contributed by atoms with Crippen LogP contribution >= 0.6 is 11.6 Å². The summed E-state index contributed by atoms with van der Waals surface area (Å²) in [6.45, 7) is 0. The van der Waals surface area contributed by atoms with E-state index in [0.29, 0.717) is 5.02 Å². The first kappa shape index (κ1) is 13.9. The second-order valence-corrected chi connectivity index (χ2v) is 3.97. The Morgan fingerprint density at radius 3 is 2.53 bits per heavy atom. The van der Waals surface area contributed by atoms with Gasteiger partial charge >= 0.3 is 5.97 Å². The average molecular weight is 261 g/mol. The van der Waals surface area contributed by atoms with E-state index in [9.17, 15) is 9.18 Å². The van der Waals surface area contributed by atoms with Gasteiger partial charge in [0.15, 0.2) is 0 Å². The molecule has 1 aromatic rings. The lowest BCUT2D eigenvalue weighted by atomic mass is 9.99. The van der Waals surface area contributed by atoms with Crippen LogP contribution in [0.3, 0.4) is 0 Å². The number of halogens is 2. The van der Waals surface area contributed by atoms with Crippen LogP contribution in [-0.2, 0) is 4.79 Å². The Balaban J connectivity index is 3.16. The van der Waals surface area contributed by atoms with E-state index in [-0.39, 0.29) is 5.56 Å². The van der Waals surface area contributed by atoms with Crippen LogP contribution in [0.25, 0.3) is 0 Å². The average Bonchev–Trinajstić information content (AvgIpc) is 2.28. The van der Waals surface area contributed by atoms with E-state index in [2.05, 4.69) is 10.6 Å². The highest BCUT2D eigenvalue weighted by Crippen LogP contribution is 2.23. The van der Waals surface area contributed by atoms with Crippen molar-refractivity contribution < 1.29 is 14.3 Å². The molecule has 1 rings (SSSR count). The number of rotatable bonds is 5. The molecular formula is C11H14ClFN2O2. The van der Waals surface area contributed by atoms with Gasteiger partial charge in [0.1, 0.15) is 11.9 Å². The highest BCUT2D eigenvalue weighted by Gasteiger charge is 2.28. The minimum Gasteiger partial charge on any atom is -0.480 e. The standard InChI is InChI=1S/C11H14ClFN2O2/c1-14-9(10(15-2)11(16)17)7-5-6(12)3-4-8(7)13/h3-5,9-10,14-15H,1-2H3,(H,16,17). The number of carbonyl (C=O) groups is 1. The van der Waals surface area contributed by atoms with Crippen LogP contribution in [-0.4, -0.2) is 31.2 Å². The highest BCUT2D eigenvalue weighted by molar-refractivity contribution is 6.30. The third-order valence-corrected chi connectivity index (χ3v) is 2.75. The fourth-order valence-electron chi connectivity index (χ4n) is 1.69. The Labute approximate surface area is 104 Å². The summed E-state index contributed by atoms with van der Waals surface area (Å²) < 4.78 is 13.6. The first-order chi connectivity index (χ1) is 8.01.